The Balaban J connectivity index is 1.55. The van der Waals surface area contributed by atoms with Gasteiger partial charge in [0.1, 0.15) is 0 Å². The molecule has 0 saturated carbocycles. The smallest absolute Gasteiger partial charge is 0.0733 e. The van der Waals surface area contributed by atoms with Crippen LogP contribution in [0, 0.1) is 6.92 Å². The van der Waals surface area contributed by atoms with Gasteiger partial charge in [-0.15, -0.1) is 0 Å². The zero-order chi connectivity index (χ0) is 11.0. The van der Waals surface area contributed by atoms with E-state index in [1.807, 2.05) is 6.20 Å². The second-order valence-electron chi connectivity index (χ2n) is 4.92. The van der Waals surface area contributed by atoms with Crippen LogP contribution < -0.4 is 5.32 Å². The van der Waals surface area contributed by atoms with Gasteiger partial charge in [-0.2, -0.15) is 0 Å². The summed E-state index contributed by atoms with van der Waals surface area (Å²) in [5.74, 6) is 0. The first-order chi connectivity index (χ1) is 7.81. The van der Waals surface area contributed by atoms with E-state index in [2.05, 4.69) is 29.4 Å². The van der Waals surface area contributed by atoms with Gasteiger partial charge < -0.3 is 10.1 Å². The number of ether oxygens (including phenoxy) is 1. The number of hydrogen-bond donors (Lipinski definition) is 1. The number of fused-ring (bicyclic) bond motifs is 2. The highest BCUT2D eigenvalue weighted by Crippen LogP contribution is 2.34. The van der Waals surface area contributed by atoms with Crippen LogP contribution in [0.1, 0.15) is 30.5 Å². The van der Waals surface area contributed by atoms with Crippen molar-refractivity contribution < 1.29 is 4.74 Å². The van der Waals surface area contributed by atoms with E-state index in [4.69, 9.17) is 4.74 Å². The maximum absolute atomic E-state index is 5.81. The lowest BCUT2D eigenvalue weighted by Gasteiger charge is -2.19. The van der Waals surface area contributed by atoms with E-state index in [-0.39, 0.29) is 0 Å². The van der Waals surface area contributed by atoms with E-state index in [1.165, 1.54) is 24.8 Å². The van der Waals surface area contributed by atoms with Crippen molar-refractivity contribution in [3.05, 3.63) is 29.6 Å². The molecule has 0 aliphatic carbocycles. The monoisotopic (exact) mass is 218 g/mol. The van der Waals surface area contributed by atoms with Crippen molar-refractivity contribution in [2.24, 2.45) is 0 Å². The largest absolute Gasteiger partial charge is 0.373 e. The highest BCUT2D eigenvalue weighted by Gasteiger charge is 2.40. The zero-order valence-corrected chi connectivity index (χ0v) is 9.65. The summed E-state index contributed by atoms with van der Waals surface area (Å²) in [4.78, 5) is 4.40. The van der Waals surface area contributed by atoms with Gasteiger partial charge in [-0.1, -0.05) is 6.07 Å². The maximum atomic E-state index is 5.81. The normalized spacial score (nSPS) is 32.2. The number of aryl methyl sites for hydroxylation is 1. The summed E-state index contributed by atoms with van der Waals surface area (Å²) in [6, 6.07) is 4.75. The number of pyridine rings is 1. The molecule has 3 heteroatoms. The van der Waals surface area contributed by atoms with Gasteiger partial charge in [-0.05, 0) is 37.8 Å². The van der Waals surface area contributed by atoms with E-state index >= 15 is 0 Å². The molecule has 2 fully saturated rings. The molecule has 1 aromatic heterocycles. The minimum atomic E-state index is 0.454. The van der Waals surface area contributed by atoms with E-state index in [0.29, 0.717) is 18.2 Å². The molecule has 2 aliphatic heterocycles. The van der Waals surface area contributed by atoms with Crippen LogP contribution in [0.5, 0.6) is 0 Å². The summed E-state index contributed by atoms with van der Waals surface area (Å²) in [5.41, 5.74) is 2.33. The average molecular weight is 218 g/mol. The van der Waals surface area contributed by atoms with Crippen molar-refractivity contribution >= 4 is 0 Å². The van der Waals surface area contributed by atoms with Crippen molar-refractivity contribution in [1.82, 2.24) is 10.3 Å². The van der Waals surface area contributed by atoms with Crippen LogP contribution in [0.25, 0.3) is 0 Å². The third-order valence-electron chi connectivity index (χ3n) is 3.62. The molecule has 1 N–H and O–H groups in total. The van der Waals surface area contributed by atoms with Gasteiger partial charge in [-0.25, -0.2) is 0 Å². The number of nitrogens with zero attached hydrogens (tertiary/aromatic N) is 1. The minimum absolute atomic E-state index is 0.454. The van der Waals surface area contributed by atoms with Crippen LogP contribution >= 0.6 is 0 Å². The molecule has 3 heterocycles. The van der Waals surface area contributed by atoms with Crippen molar-refractivity contribution in [1.29, 1.82) is 0 Å². The van der Waals surface area contributed by atoms with Crippen molar-refractivity contribution in [3.63, 3.8) is 0 Å². The molecule has 0 aromatic carbocycles. The van der Waals surface area contributed by atoms with Gasteiger partial charge in [0.25, 0.3) is 0 Å². The van der Waals surface area contributed by atoms with Crippen molar-refractivity contribution in [3.8, 4) is 0 Å². The maximum Gasteiger partial charge on any atom is 0.0733 e. The highest BCUT2D eigenvalue weighted by molar-refractivity contribution is 5.12. The van der Waals surface area contributed by atoms with Crippen molar-refractivity contribution in [2.75, 3.05) is 0 Å². The van der Waals surface area contributed by atoms with Crippen LogP contribution in [0.4, 0.5) is 0 Å². The molecular weight excluding hydrogens is 200 g/mol. The molecule has 0 amide bonds. The molecule has 0 radical (unpaired) electrons. The van der Waals surface area contributed by atoms with Gasteiger partial charge >= 0.3 is 0 Å². The first-order valence-corrected chi connectivity index (χ1v) is 6.11. The quantitative estimate of drug-likeness (QED) is 0.840. The summed E-state index contributed by atoms with van der Waals surface area (Å²) in [6.07, 6.45) is 6.56. The Kier molecular flexibility index (Phi) is 2.65. The second-order valence-corrected chi connectivity index (χ2v) is 4.92. The first-order valence-electron chi connectivity index (χ1n) is 6.11. The average Bonchev–Trinajstić information content (AvgIpc) is 2.90. The number of aromatic nitrogens is 1. The Morgan fingerprint density at radius 3 is 3.00 bits per heavy atom. The molecule has 86 valence electrons. The molecule has 2 aliphatic rings. The Morgan fingerprint density at radius 2 is 2.38 bits per heavy atom. The summed E-state index contributed by atoms with van der Waals surface area (Å²) in [6.45, 7) is 2.92. The molecule has 3 atom stereocenters. The Labute approximate surface area is 96.2 Å². The van der Waals surface area contributed by atoms with E-state index in [9.17, 15) is 0 Å². The van der Waals surface area contributed by atoms with Crippen LogP contribution in [-0.4, -0.2) is 23.2 Å². The lowest BCUT2D eigenvalue weighted by molar-refractivity contribution is 0.0972. The SMILES string of the molecule is Cc1ccc(CNC2CC3CCC2O3)nc1. The summed E-state index contributed by atoms with van der Waals surface area (Å²) in [5, 5.41) is 3.56. The molecule has 16 heavy (non-hydrogen) atoms. The van der Waals surface area contributed by atoms with E-state index in [1.54, 1.807) is 0 Å². The van der Waals surface area contributed by atoms with Crippen molar-refractivity contribution in [2.45, 2.75) is 51.0 Å². The van der Waals surface area contributed by atoms with Crippen LogP contribution in [-0.2, 0) is 11.3 Å². The van der Waals surface area contributed by atoms with Gasteiger partial charge in [-0.3, -0.25) is 4.98 Å². The fourth-order valence-corrected chi connectivity index (χ4v) is 2.69. The molecule has 3 rings (SSSR count). The molecule has 0 spiro atoms. The summed E-state index contributed by atoms with van der Waals surface area (Å²) >= 11 is 0. The van der Waals surface area contributed by atoms with E-state index in [0.717, 1.165) is 12.2 Å². The number of rotatable bonds is 3. The van der Waals surface area contributed by atoms with Crippen LogP contribution in [0.3, 0.4) is 0 Å². The zero-order valence-electron chi connectivity index (χ0n) is 9.65. The van der Waals surface area contributed by atoms with Gasteiger partial charge in [0, 0.05) is 18.8 Å². The second kappa shape index (κ2) is 4.15. The molecule has 3 nitrogen and oxygen atoms in total. The van der Waals surface area contributed by atoms with E-state index < -0.39 is 0 Å². The standard InChI is InChI=1S/C13H18N2O/c1-9-2-3-10(14-7-9)8-15-12-6-11-4-5-13(12)16-11/h2-3,7,11-13,15H,4-6,8H2,1H3. The molecule has 2 bridgehead atoms. The highest BCUT2D eigenvalue weighted by atomic mass is 16.5. The Bertz CT molecular complexity index is 363. The number of hydrogen-bond acceptors (Lipinski definition) is 3. The van der Waals surface area contributed by atoms with Crippen LogP contribution in [0.15, 0.2) is 18.3 Å². The summed E-state index contributed by atoms with van der Waals surface area (Å²) < 4.78 is 5.81. The molecular formula is C13H18N2O. The third kappa shape index (κ3) is 1.97. The van der Waals surface area contributed by atoms with Gasteiger partial charge in [0.05, 0.1) is 17.9 Å². The molecule has 1 aromatic rings. The predicted molar refractivity (Wildman–Crippen MR) is 62.1 cm³/mol. The lowest BCUT2D eigenvalue weighted by atomic mass is 9.95. The fraction of sp³-hybridized carbons (Fsp3) is 0.615. The first kappa shape index (κ1) is 10.2. The lowest BCUT2D eigenvalue weighted by Crippen LogP contribution is -2.37. The Hall–Kier alpha value is -0.930. The van der Waals surface area contributed by atoms with Crippen LogP contribution in [0.2, 0.25) is 0 Å². The minimum Gasteiger partial charge on any atom is -0.373 e. The summed E-state index contributed by atoms with van der Waals surface area (Å²) in [7, 11) is 0. The topological polar surface area (TPSA) is 34.1 Å². The molecule has 3 unspecified atom stereocenters. The third-order valence-corrected chi connectivity index (χ3v) is 3.62. The van der Waals surface area contributed by atoms with Gasteiger partial charge in [0.15, 0.2) is 0 Å². The molecule has 2 saturated heterocycles. The van der Waals surface area contributed by atoms with Gasteiger partial charge in [0.2, 0.25) is 0 Å². The number of nitrogens with one attached hydrogen (secondary N) is 1. The Morgan fingerprint density at radius 1 is 1.44 bits per heavy atom. The predicted octanol–water partition coefficient (Wildman–Crippen LogP) is 1.80. The fourth-order valence-electron chi connectivity index (χ4n) is 2.69.